The second-order valence-electron chi connectivity index (χ2n) is 6.77. The van der Waals surface area contributed by atoms with Gasteiger partial charge in [-0.3, -0.25) is 19.7 Å². The van der Waals surface area contributed by atoms with Gasteiger partial charge in [0.05, 0.1) is 21.6 Å². The molecule has 0 bridgehead atoms. The number of ketones is 1. The number of non-ortho nitro benzene ring substituents is 1. The fourth-order valence-electron chi connectivity index (χ4n) is 3.75. The summed E-state index contributed by atoms with van der Waals surface area (Å²) in [5.41, 5.74) is 1.09. The Balaban J connectivity index is 1.97. The number of benzene rings is 2. The number of hydrogen-bond donors (Lipinski definition) is 2. The lowest BCUT2D eigenvalue weighted by Gasteiger charge is -2.15. The number of halogens is 1. The third-order valence-electron chi connectivity index (χ3n) is 5.01. The van der Waals surface area contributed by atoms with Crippen molar-refractivity contribution in [1.82, 2.24) is 9.88 Å². The number of amides is 1. The highest BCUT2D eigenvalue weighted by atomic mass is 79.9. The number of fused-ring (bicyclic) bond motifs is 5. The van der Waals surface area contributed by atoms with Crippen LogP contribution in [0.25, 0.3) is 22.0 Å². The van der Waals surface area contributed by atoms with Crippen molar-refractivity contribution in [2.45, 2.75) is 13.0 Å². The summed E-state index contributed by atoms with van der Waals surface area (Å²) in [6, 6.07) is 9.07. The molecule has 30 heavy (non-hydrogen) atoms. The van der Waals surface area contributed by atoms with Crippen molar-refractivity contribution < 1.29 is 19.6 Å². The first-order valence-corrected chi connectivity index (χ1v) is 9.75. The SMILES string of the molecule is O=C(O)NCCCn1c2c(c3ccc([N+](=O)[O-])cc3c1=O)C(=O)c1cc(Br)ccc1-2. The van der Waals surface area contributed by atoms with Crippen molar-refractivity contribution in [2.75, 3.05) is 6.54 Å². The van der Waals surface area contributed by atoms with Gasteiger partial charge in [-0.2, -0.15) is 0 Å². The molecule has 0 radical (unpaired) electrons. The van der Waals surface area contributed by atoms with Crippen molar-refractivity contribution in [2.24, 2.45) is 0 Å². The fourth-order valence-corrected chi connectivity index (χ4v) is 4.11. The van der Waals surface area contributed by atoms with Gasteiger partial charge in [0.2, 0.25) is 0 Å². The Labute approximate surface area is 177 Å². The maximum atomic E-state index is 13.3. The number of aromatic nitrogens is 1. The highest BCUT2D eigenvalue weighted by Gasteiger charge is 2.33. The summed E-state index contributed by atoms with van der Waals surface area (Å²) in [5, 5.41) is 22.6. The monoisotopic (exact) mass is 471 g/mol. The van der Waals surface area contributed by atoms with E-state index in [1.165, 1.54) is 22.8 Å². The molecule has 1 amide bonds. The summed E-state index contributed by atoms with van der Waals surface area (Å²) in [5.74, 6) is -0.266. The molecule has 10 heteroatoms. The minimum absolute atomic E-state index is 0.0781. The van der Waals surface area contributed by atoms with E-state index in [9.17, 15) is 24.5 Å². The van der Waals surface area contributed by atoms with E-state index in [1.807, 2.05) is 0 Å². The number of nitro groups is 1. The first-order valence-electron chi connectivity index (χ1n) is 8.96. The third-order valence-corrected chi connectivity index (χ3v) is 5.50. The normalized spacial score (nSPS) is 12.0. The van der Waals surface area contributed by atoms with Crippen molar-refractivity contribution in [3.63, 3.8) is 0 Å². The van der Waals surface area contributed by atoms with E-state index >= 15 is 0 Å². The minimum atomic E-state index is -1.17. The zero-order valence-electron chi connectivity index (χ0n) is 15.3. The van der Waals surface area contributed by atoms with Crippen LogP contribution in [0.5, 0.6) is 0 Å². The molecule has 9 nitrogen and oxygen atoms in total. The molecular weight excluding hydrogens is 458 g/mol. The van der Waals surface area contributed by atoms with Crippen LogP contribution < -0.4 is 10.9 Å². The van der Waals surface area contributed by atoms with Crippen molar-refractivity contribution in [1.29, 1.82) is 0 Å². The number of carboxylic acid groups (broad SMARTS) is 1. The lowest BCUT2D eigenvalue weighted by molar-refractivity contribution is -0.384. The molecule has 3 aromatic rings. The predicted molar refractivity (Wildman–Crippen MR) is 112 cm³/mol. The van der Waals surface area contributed by atoms with Crippen LogP contribution >= 0.6 is 15.9 Å². The van der Waals surface area contributed by atoms with Gasteiger partial charge in [-0.1, -0.05) is 22.0 Å². The summed E-state index contributed by atoms with van der Waals surface area (Å²) >= 11 is 3.35. The third kappa shape index (κ3) is 3.14. The maximum absolute atomic E-state index is 13.3. The Morgan fingerprint density at radius 1 is 1.13 bits per heavy atom. The summed E-state index contributed by atoms with van der Waals surface area (Å²) in [4.78, 5) is 47.7. The maximum Gasteiger partial charge on any atom is 0.404 e. The number of nitro benzene ring substituents is 1. The molecule has 0 aliphatic heterocycles. The Morgan fingerprint density at radius 2 is 1.90 bits per heavy atom. The molecule has 0 saturated heterocycles. The second-order valence-corrected chi connectivity index (χ2v) is 7.69. The van der Waals surface area contributed by atoms with E-state index in [4.69, 9.17) is 5.11 Å². The molecule has 0 unspecified atom stereocenters. The Kier molecular flexibility index (Phi) is 4.86. The predicted octanol–water partition coefficient (Wildman–Crippen LogP) is 3.54. The topological polar surface area (TPSA) is 132 Å². The molecule has 1 aliphatic carbocycles. The number of carbonyl (C=O) groups is 2. The number of nitrogens with zero attached hydrogens (tertiary/aromatic N) is 2. The van der Waals surface area contributed by atoms with Gasteiger partial charge >= 0.3 is 6.09 Å². The molecule has 0 atom stereocenters. The quantitative estimate of drug-likeness (QED) is 0.260. The Hall–Kier alpha value is -3.53. The molecule has 1 aliphatic rings. The molecule has 2 N–H and O–H groups in total. The van der Waals surface area contributed by atoms with Crippen LogP contribution in [0.1, 0.15) is 22.3 Å². The van der Waals surface area contributed by atoms with Crippen LogP contribution in [0.4, 0.5) is 10.5 Å². The molecule has 1 aromatic heterocycles. The molecular formula is C20H14BrN3O6. The van der Waals surface area contributed by atoms with E-state index in [-0.39, 0.29) is 29.9 Å². The van der Waals surface area contributed by atoms with E-state index in [1.54, 1.807) is 18.2 Å². The first kappa shape index (κ1) is 19.8. The molecule has 1 heterocycles. The molecule has 0 spiro atoms. The highest BCUT2D eigenvalue weighted by Crippen LogP contribution is 2.40. The van der Waals surface area contributed by atoms with Crippen molar-refractivity contribution in [3.8, 4) is 11.3 Å². The van der Waals surface area contributed by atoms with Gasteiger partial charge in [0.1, 0.15) is 0 Å². The summed E-state index contributed by atoms with van der Waals surface area (Å²) in [6.07, 6.45) is -0.869. The van der Waals surface area contributed by atoms with Gasteiger partial charge in [0.15, 0.2) is 5.78 Å². The molecule has 0 saturated carbocycles. The molecule has 4 rings (SSSR count). The number of pyridine rings is 1. The van der Waals surface area contributed by atoms with Gasteiger partial charge < -0.3 is 15.0 Å². The summed E-state index contributed by atoms with van der Waals surface area (Å²) in [6.45, 7) is 0.257. The zero-order valence-corrected chi connectivity index (χ0v) is 16.9. The second kappa shape index (κ2) is 7.38. The lowest BCUT2D eigenvalue weighted by Crippen LogP contribution is -2.27. The van der Waals surface area contributed by atoms with E-state index in [2.05, 4.69) is 21.2 Å². The van der Waals surface area contributed by atoms with Gasteiger partial charge in [-0.25, -0.2) is 4.79 Å². The smallest absolute Gasteiger partial charge is 0.404 e. The number of nitrogens with one attached hydrogen (secondary N) is 1. The van der Waals surface area contributed by atoms with Gasteiger partial charge in [-0.15, -0.1) is 0 Å². The Morgan fingerprint density at radius 3 is 2.60 bits per heavy atom. The van der Waals surface area contributed by atoms with Gasteiger partial charge in [0.25, 0.3) is 11.2 Å². The van der Waals surface area contributed by atoms with E-state index in [0.29, 0.717) is 38.7 Å². The fraction of sp³-hybridized carbons (Fsp3) is 0.150. The van der Waals surface area contributed by atoms with Crippen LogP contribution in [0, 0.1) is 10.1 Å². The minimum Gasteiger partial charge on any atom is -0.465 e. The van der Waals surface area contributed by atoms with Crippen molar-refractivity contribution in [3.05, 3.63) is 72.5 Å². The van der Waals surface area contributed by atoms with E-state index < -0.39 is 16.6 Å². The van der Waals surface area contributed by atoms with Crippen LogP contribution in [0.2, 0.25) is 0 Å². The average molecular weight is 472 g/mol. The van der Waals surface area contributed by atoms with Crippen LogP contribution in [-0.2, 0) is 6.54 Å². The van der Waals surface area contributed by atoms with Crippen LogP contribution in [-0.4, -0.2) is 33.0 Å². The first-order chi connectivity index (χ1) is 14.3. The molecule has 152 valence electrons. The largest absolute Gasteiger partial charge is 0.465 e. The van der Waals surface area contributed by atoms with Gasteiger partial charge in [0, 0.05) is 46.2 Å². The number of carbonyl (C=O) groups excluding carboxylic acids is 1. The van der Waals surface area contributed by atoms with Gasteiger partial charge in [-0.05, 0) is 24.6 Å². The standard InChI is InChI=1S/C20H14BrN3O6/c21-10-2-4-13-14(8-10)18(25)16-12-5-3-11(24(29)30)9-15(12)19(26)23(17(13)16)7-1-6-22-20(27)28/h2-5,8-9,22H,1,6-7H2,(H,27,28). The number of rotatable bonds is 5. The van der Waals surface area contributed by atoms with Crippen molar-refractivity contribution >= 4 is 44.3 Å². The summed E-state index contributed by atoms with van der Waals surface area (Å²) < 4.78 is 2.12. The number of hydrogen-bond acceptors (Lipinski definition) is 5. The zero-order chi connectivity index (χ0) is 21.6. The summed E-state index contributed by atoms with van der Waals surface area (Å²) in [7, 11) is 0. The lowest BCUT2D eigenvalue weighted by atomic mass is 10.0. The average Bonchev–Trinajstić information content (AvgIpc) is 2.98. The molecule has 0 fully saturated rings. The highest BCUT2D eigenvalue weighted by molar-refractivity contribution is 9.10. The van der Waals surface area contributed by atoms with E-state index in [0.717, 1.165) is 0 Å². The molecule has 2 aromatic carbocycles. The Bertz CT molecular complexity index is 1310. The van der Waals surface area contributed by atoms with Crippen LogP contribution in [0.15, 0.2) is 45.7 Å². The van der Waals surface area contributed by atoms with Crippen LogP contribution in [0.3, 0.4) is 0 Å².